The molecule has 0 aliphatic rings. The van der Waals surface area contributed by atoms with Crippen LogP contribution >= 0.6 is 0 Å². The lowest BCUT2D eigenvalue weighted by molar-refractivity contribution is -0.111. The van der Waals surface area contributed by atoms with E-state index in [1.54, 1.807) is 6.92 Å². The van der Waals surface area contributed by atoms with Gasteiger partial charge in [-0.1, -0.05) is 0 Å². The van der Waals surface area contributed by atoms with Gasteiger partial charge >= 0.3 is 0 Å². The Morgan fingerprint density at radius 1 is 1.20 bits per heavy atom. The number of nitrogens with zero attached hydrogens (tertiary/aromatic N) is 1. The van der Waals surface area contributed by atoms with Crippen LogP contribution in [0, 0.1) is 0 Å². The predicted molar refractivity (Wildman–Crippen MR) is 43.5 cm³/mol. The molecule has 0 aromatic heterocycles. The van der Waals surface area contributed by atoms with E-state index in [-0.39, 0.29) is 11.3 Å². The van der Waals surface area contributed by atoms with Gasteiger partial charge in [-0.3, -0.25) is 9.79 Å². The van der Waals surface area contributed by atoms with Gasteiger partial charge in [-0.05, 0) is 27.7 Å². The highest BCUT2D eigenvalue weighted by atomic mass is 16.1. The van der Waals surface area contributed by atoms with Gasteiger partial charge in [-0.2, -0.15) is 0 Å². The van der Waals surface area contributed by atoms with E-state index in [1.165, 1.54) is 6.92 Å². The fraction of sp³-hybridized carbons (Fsp3) is 0.750. The third kappa shape index (κ3) is 4.24. The van der Waals surface area contributed by atoms with E-state index in [1.807, 2.05) is 20.8 Å². The van der Waals surface area contributed by atoms with Crippen molar-refractivity contribution in [3.8, 4) is 0 Å². The minimum Gasteiger partial charge on any atom is -0.293 e. The second-order valence-electron chi connectivity index (χ2n) is 3.42. The molecule has 58 valence electrons. The number of Topliss-reactive ketones (excluding diaryl/α,β-unsaturated/α-hetero) is 1. The van der Waals surface area contributed by atoms with Crippen LogP contribution < -0.4 is 0 Å². The standard InChI is InChI=1S/C8H15NO/c1-6(7(2)10)9-8(3,4)5/h1-5H3. The van der Waals surface area contributed by atoms with Crippen LogP contribution in [-0.2, 0) is 4.79 Å². The summed E-state index contributed by atoms with van der Waals surface area (Å²) < 4.78 is 0. The van der Waals surface area contributed by atoms with Crippen molar-refractivity contribution in [3.05, 3.63) is 0 Å². The van der Waals surface area contributed by atoms with E-state index >= 15 is 0 Å². The topological polar surface area (TPSA) is 29.4 Å². The zero-order valence-corrected chi connectivity index (χ0v) is 7.36. The summed E-state index contributed by atoms with van der Waals surface area (Å²) in [4.78, 5) is 14.9. The summed E-state index contributed by atoms with van der Waals surface area (Å²) in [7, 11) is 0. The van der Waals surface area contributed by atoms with Crippen LogP contribution in [0.2, 0.25) is 0 Å². The van der Waals surface area contributed by atoms with Crippen LogP contribution in [-0.4, -0.2) is 17.0 Å². The fourth-order valence-electron chi connectivity index (χ4n) is 0.582. The lowest BCUT2D eigenvalue weighted by atomic mass is 10.1. The minimum absolute atomic E-state index is 0.0509. The Balaban J connectivity index is 4.32. The molecule has 0 saturated heterocycles. The molecule has 0 spiro atoms. The summed E-state index contributed by atoms with van der Waals surface area (Å²) in [6.07, 6.45) is 0. The molecule has 0 amide bonds. The van der Waals surface area contributed by atoms with Crippen molar-refractivity contribution in [2.45, 2.75) is 40.2 Å². The first-order valence-electron chi connectivity index (χ1n) is 3.40. The second kappa shape index (κ2) is 2.95. The van der Waals surface area contributed by atoms with E-state index in [0.717, 1.165) is 0 Å². The van der Waals surface area contributed by atoms with Crippen LogP contribution in [0.4, 0.5) is 0 Å². The van der Waals surface area contributed by atoms with E-state index in [4.69, 9.17) is 0 Å². The fourth-order valence-corrected chi connectivity index (χ4v) is 0.582. The Morgan fingerprint density at radius 3 is 1.70 bits per heavy atom. The first kappa shape index (κ1) is 9.34. The first-order valence-corrected chi connectivity index (χ1v) is 3.40. The number of hydrogen-bond donors (Lipinski definition) is 0. The highest BCUT2D eigenvalue weighted by Gasteiger charge is 2.08. The van der Waals surface area contributed by atoms with Crippen LogP contribution in [0.25, 0.3) is 0 Å². The largest absolute Gasteiger partial charge is 0.293 e. The SMILES string of the molecule is CC(=O)C(C)=NC(C)(C)C. The summed E-state index contributed by atoms with van der Waals surface area (Å²) in [6, 6.07) is 0. The van der Waals surface area contributed by atoms with Crippen LogP contribution in [0.3, 0.4) is 0 Å². The molecule has 2 nitrogen and oxygen atoms in total. The Morgan fingerprint density at radius 2 is 1.60 bits per heavy atom. The number of rotatable bonds is 1. The van der Waals surface area contributed by atoms with Gasteiger partial charge in [0.2, 0.25) is 0 Å². The van der Waals surface area contributed by atoms with Gasteiger partial charge < -0.3 is 0 Å². The molecule has 0 aromatic carbocycles. The van der Waals surface area contributed by atoms with E-state index < -0.39 is 0 Å². The normalized spacial score (nSPS) is 13.5. The van der Waals surface area contributed by atoms with Crippen molar-refractivity contribution in [2.24, 2.45) is 4.99 Å². The molecule has 0 aromatic rings. The van der Waals surface area contributed by atoms with Crippen molar-refractivity contribution in [2.75, 3.05) is 0 Å². The second-order valence-corrected chi connectivity index (χ2v) is 3.42. The molecule has 0 aliphatic heterocycles. The van der Waals surface area contributed by atoms with E-state index in [0.29, 0.717) is 5.71 Å². The van der Waals surface area contributed by atoms with Crippen LogP contribution in [0.15, 0.2) is 4.99 Å². The third-order valence-electron chi connectivity index (χ3n) is 1.01. The molecular formula is C8H15NO. The molecule has 0 saturated carbocycles. The minimum atomic E-state index is -0.129. The summed E-state index contributed by atoms with van der Waals surface area (Å²) in [6.45, 7) is 9.19. The number of ketones is 1. The number of hydrogen-bond acceptors (Lipinski definition) is 2. The maximum Gasteiger partial charge on any atom is 0.173 e. The molecule has 0 bridgehead atoms. The smallest absolute Gasteiger partial charge is 0.173 e. The number of carbonyl (C=O) groups excluding carboxylic acids is 1. The maximum atomic E-state index is 10.7. The van der Waals surface area contributed by atoms with Gasteiger partial charge in [-0.15, -0.1) is 0 Å². The summed E-state index contributed by atoms with van der Waals surface area (Å²) >= 11 is 0. The van der Waals surface area contributed by atoms with Gasteiger partial charge in [0, 0.05) is 6.92 Å². The number of carbonyl (C=O) groups is 1. The van der Waals surface area contributed by atoms with E-state index in [9.17, 15) is 4.79 Å². The van der Waals surface area contributed by atoms with Crippen molar-refractivity contribution < 1.29 is 4.79 Å². The highest BCUT2D eigenvalue weighted by molar-refractivity contribution is 6.38. The molecule has 0 radical (unpaired) electrons. The zero-order valence-electron chi connectivity index (χ0n) is 7.36. The molecule has 2 heteroatoms. The van der Waals surface area contributed by atoms with Crippen LogP contribution in [0.1, 0.15) is 34.6 Å². The quantitative estimate of drug-likeness (QED) is 0.512. The average Bonchev–Trinajstić information content (AvgIpc) is 1.60. The molecular weight excluding hydrogens is 126 g/mol. The molecule has 10 heavy (non-hydrogen) atoms. The predicted octanol–water partition coefficient (Wildman–Crippen LogP) is 1.83. The van der Waals surface area contributed by atoms with E-state index in [2.05, 4.69) is 4.99 Å². The van der Waals surface area contributed by atoms with Gasteiger partial charge in [-0.25, -0.2) is 0 Å². The maximum absolute atomic E-state index is 10.7. The summed E-state index contributed by atoms with van der Waals surface area (Å²) in [5.74, 6) is 0.0509. The van der Waals surface area contributed by atoms with Crippen molar-refractivity contribution in [1.82, 2.24) is 0 Å². The Kier molecular flexibility index (Phi) is 2.76. The third-order valence-corrected chi connectivity index (χ3v) is 1.01. The Bertz CT molecular complexity index is 163. The van der Waals surface area contributed by atoms with Crippen LogP contribution in [0.5, 0.6) is 0 Å². The highest BCUT2D eigenvalue weighted by Crippen LogP contribution is 2.06. The molecule has 0 N–H and O–H groups in total. The number of aliphatic imine (C=N–C) groups is 1. The molecule has 0 unspecified atom stereocenters. The lowest BCUT2D eigenvalue weighted by Crippen LogP contribution is -2.16. The lowest BCUT2D eigenvalue weighted by Gasteiger charge is -2.12. The summed E-state index contributed by atoms with van der Waals surface area (Å²) in [5, 5.41) is 0. The molecule has 0 atom stereocenters. The van der Waals surface area contributed by atoms with Gasteiger partial charge in [0.15, 0.2) is 5.78 Å². The van der Waals surface area contributed by atoms with Gasteiger partial charge in [0.25, 0.3) is 0 Å². The molecule has 0 heterocycles. The Hall–Kier alpha value is -0.660. The Labute approximate surface area is 62.4 Å². The van der Waals surface area contributed by atoms with Crippen molar-refractivity contribution >= 4 is 11.5 Å². The van der Waals surface area contributed by atoms with Crippen molar-refractivity contribution in [3.63, 3.8) is 0 Å². The van der Waals surface area contributed by atoms with Crippen molar-refractivity contribution in [1.29, 1.82) is 0 Å². The average molecular weight is 141 g/mol. The summed E-state index contributed by atoms with van der Waals surface area (Å²) in [5.41, 5.74) is 0.475. The first-order chi connectivity index (χ1) is 4.33. The van der Waals surface area contributed by atoms with Gasteiger partial charge in [0.1, 0.15) is 0 Å². The molecule has 0 fully saturated rings. The van der Waals surface area contributed by atoms with Gasteiger partial charge in [0.05, 0.1) is 11.3 Å². The zero-order chi connectivity index (χ0) is 8.36. The molecule has 0 rings (SSSR count). The molecule has 0 aliphatic carbocycles. The monoisotopic (exact) mass is 141 g/mol.